The van der Waals surface area contributed by atoms with E-state index in [1.807, 2.05) is 24.3 Å². The van der Waals surface area contributed by atoms with Gasteiger partial charge >= 0.3 is 0 Å². The Labute approximate surface area is 570 Å². The molecule has 2 N–H and O–H groups in total. The summed E-state index contributed by atoms with van der Waals surface area (Å²) < 4.78 is 4.37. The Kier molecular flexibility index (Phi) is 26.2. The minimum absolute atomic E-state index is 1.07. The van der Waals surface area contributed by atoms with Gasteiger partial charge in [0.15, 0.2) is 0 Å². The Morgan fingerprint density at radius 1 is 0.222 bits per heavy atom. The summed E-state index contributed by atoms with van der Waals surface area (Å²) in [5.74, 6) is 0. The van der Waals surface area contributed by atoms with Crippen LogP contribution in [0.3, 0.4) is 0 Å². The molecule has 0 bridgehead atoms. The quantitative estimate of drug-likeness (QED) is 0.0631. The first-order chi connectivity index (χ1) is 44.0. The molecule has 90 heavy (non-hydrogen) atoms. The Morgan fingerprint density at radius 3 is 0.611 bits per heavy atom. The van der Waals surface area contributed by atoms with Gasteiger partial charge in [0.25, 0.3) is 0 Å². The third-order valence-electron chi connectivity index (χ3n) is 15.8. The van der Waals surface area contributed by atoms with Crippen molar-refractivity contribution in [1.29, 1.82) is 0 Å². The van der Waals surface area contributed by atoms with Gasteiger partial charge in [-0.15, -0.1) is 0 Å². The first kappa shape index (κ1) is 66.9. The summed E-state index contributed by atoms with van der Waals surface area (Å²) in [5.41, 5.74) is 21.7. The fourth-order valence-corrected chi connectivity index (χ4v) is 11.6. The molecule has 0 atom stereocenters. The largest absolute Gasteiger partial charge is 0.356 e. The fraction of sp³-hybridized carbons (Fsp3) is 0.195. The van der Waals surface area contributed by atoms with Gasteiger partial charge in [0.05, 0.1) is 0 Å². The number of rotatable bonds is 24. The zero-order valence-electron chi connectivity index (χ0n) is 52.3. The molecule has 0 fully saturated rings. The van der Waals surface area contributed by atoms with Crippen LogP contribution < -0.4 is 20.4 Å². The van der Waals surface area contributed by atoms with Crippen LogP contribution in [0.1, 0.15) is 101 Å². The summed E-state index contributed by atoms with van der Waals surface area (Å²) in [6.45, 7) is 8.96. The van der Waals surface area contributed by atoms with Crippen molar-refractivity contribution in [3.63, 3.8) is 0 Å². The molecule has 0 aliphatic carbocycles. The first-order valence-electron chi connectivity index (χ1n) is 31.9. The number of nitrogens with zero attached hydrogens (tertiary/aromatic N) is 2. The minimum atomic E-state index is 1.07. The molecule has 0 amide bonds. The van der Waals surface area contributed by atoms with Crippen LogP contribution in [0.25, 0.3) is 22.3 Å². The predicted octanol–water partition coefficient (Wildman–Crippen LogP) is 27.2. The molecule has 0 unspecified atom stereocenters. The second-order valence-corrected chi connectivity index (χ2v) is 26.4. The molecule has 0 spiro atoms. The normalized spacial score (nSPS) is 10.8. The van der Waals surface area contributed by atoms with Crippen LogP contribution in [0.2, 0.25) is 0 Å². The average Bonchev–Trinajstić information content (AvgIpc) is 2.25. The van der Waals surface area contributed by atoms with Gasteiger partial charge in [-0.2, -0.15) is 0 Å². The molecule has 0 saturated heterocycles. The Morgan fingerprint density at radius 2 is 0.389 bits per heavy atom. The zero-order chi connectivity index (χ0) is 62.9. The number of nitrogens with one attached hydrogen (secondary N) is 2. The lowest BCUT2D eigenvalue weighted by Gasteiger charge is -2.26. The number of hydrogen-bond acceptors (Lipinski definition) is 4. The van der Waals surface area contributed by atoms with Crippen LogP contribution in [0, 0.1) is 0 Å². The van der Waals surface area contributed by atoms with E-state index >= 15 is 0 Å². The van der Waals surface area contributed by atoms with Gasteiger partial charge in [0.1, 0.15) is 0 Å². The van der Waals surface area contributed by atoms with E-state index in [-0.39, 0.29) is 0 Å². The van der Waals surface area contributed by atoms with Gasteiger partial charge in [0.2, 0.25) is 0 Å². The molecule has 0 aliphatic rings. The molecule has 8 heteroatoms. The molecule has 0 radical (unpaired) electrons. The summed E-state index contributed by atoms with van der Waals surface area (Å²) in [6.07, 6.45) is 14.4. The van der Waals surface area contributed by atoms with E-state index in [0.717, 1.165) is 100 Å². The average molecular weight is 1440 g/mol. The summed E-state index contributed by atoms with van der Waals surface area (Å²) in [6, 6.07) is 95.8. The second kappa shape index (κ2) is 35.2. The third-order valence-corrected chi connectivity index (χ3v) is 17.9. The highest BCUT2D eigenvalue weighted by molar-refractivity contribution is 9.11. The maximum absolute atomic E-state index is 3.61. The molecule has 0 heterocycles. The van der Waals surface area contributed by atoms with Crippen molar-refractivity contribution in [3.8, 4) is 22.3 Å². The Bertz CT molecular complexity index is 3580. The molecule has 11 aromatic carbocycles. The minimum Gasteiger partial charge on any atom is -0.356 e. The topological polar surface area (TPSA) is 30.5 Å². The Hall–Kier alpha value is -7.46. The van der Waals surface area contributed by atoms with Crippen molar-refractivity contribution in [2.45, 2.75) is 105 Å². The monoisotopic (exact) mass is 1440 g/mol. The van der Waals surface area contributed by atoms with Crippen LogP contribution in [-0.2, 0) is 25.7 Å². The van der Waals surface area contributed by atoms with E-state index in [1.54, 1.807) is 0 Å². The predicted molar refractivity (Wildman–Crippen MR) is 404 cm³/mol. The van der Waals surface area contributed by atoms with E-state index in [9.17, 15) is 0 Å². The van der Waals surface area contributed by atoms with Gasteiger partial charge in [-0.05, 0) is 266 Å². The fourth-order valence-electron chi connectivity index (χ4n) is 10.6. The SMILES string of the molecule is Brc1ccc(Br)cc1.CCCCc1ccc(N(c2ccc(Br)cc2)c2ccc(-c3ccc(N(c4ccc(Br)cc4)c4ccc(CCCC)cc4)cc3)cc2)cc1.CCCCc1ccc(Nc2ccc(-c3ccc(Nc4ccc(CCCC)cc4)cc3)cc2)cc1. The molecule has 11 rings (SSSR count). The molecule has 458 valence electrons. The summed E-state index contributed by atoms with van der Waals surface area (Å²) >= 11 is 13.9. The molecule has 4 nitrogen and oxygen atoms in total. The van der Waals surface area contributed by atoms with Crippen LogP contribution in [0.4, 0.5) is 56.9 Å². The van der Waals surface area contributed by atoms with Gasteiger partial charge in [-0.3, -0.25) is 0 Å². The Balaban J connectivity index is 0.000000198. The van der Waals surface area contributed by atoms with Gasteiger partial charge in [-0.1, -0.05) is 214 Å². The molecular weight excluding hydrogens is 1360 g/mol. The van der Waals surface area contributed by atoms with E-state index in [2.05, 4.69) is 355 Å². The number of benzene rings is 11. The number of halogens is 4. The number of anilines is 10. The highest BCUT2D eigenvalue weighted by Gasteiger charge is 2.16. The smallest absolute Gasteiger partial charge is 0.0462 e. The van der Waals surface area contributed by atoms with Gasteiger partial charge < -0.3 is 20.4 Å². The summed E-state index contributed by atoms with van der Waals surface area (Å²) in [4.78, 5) is 4.65. The van der Waals surface area contributed by atoms with Crippen LogP contribution in [-0.4, -0.2) is 0 Å². The van der Waals surface area contributed by atoms with Crippen LogP contribution >= 0.6 is 63.7 Å². The van der Waals surface area contributed by atoms with Crippen molar-refractivity contribution in [2.24, 2.45) is 0 Å². The number of aryl methyl sites for hydroxylation is 4. The molecular formula is C82H82Br4N4. The molecule has 0 saturated carbocycles. The van der Waals surface area contributed by atoms with Crippen molar-refractivity contribution in [2.75, 3.05) is 20.4 Å². The second-order valence-electron chi connectivity index (χ2n) is 22.7. The summed E-state index contributed by atoms with van der Waals surface area (Å²) in [5, 5.41) is 7.01. The van der Waals surface area contributed by atoms with Gasteiger partial charge in [-0.25, -0.2) is 0 Å². The molecule has 11 aromatic rings. The zero-order valence-corrected chi connectivity index (χ0v) is 58.6. The number of hydrogen-bond donors (Lipinski definition) is 2. The van der Waals surface area contributed by atoms with Crippen molar-refractivity contribution in [1.82, 2.24) is 0 Å². The maximum Gasteiger partial charge on any atom is 0.0462 e. The highest BCUT2D eigenvalue weighted by atomic mass is 79.9. The van der Waals surface area contributed by atoms with E-state index in [0.29, 0.717) is 0 Å². The number of unbranched alkanes of at least 4 members (excludes halogenated alkanes) is 4. The van der Waals surface area contributed by atoms with Crippen LogP contribution in [0.15, 0.2) is 285 Å². The lowest BCUT2D eigenvalue weighted by Crippen LogP contribution is -2.10. The lowest BCUT2D eigenvalue weighted by molar-refractivity contribution is 0.795. The van der Waals surface area contributed by atoms with Crippen molar-refractivity contribution in [3.05, 3.63) is 307 Å². The standard InChI is InChI=1S/C44H42Br2N2.C32H36N2.C6H4Br2/c1-3-5-7-33-9-21-39(22-10-33)47(43-29-17-37(45)18-30-43)41-25-13-35(14-26-41)36-15-27-42(28-16-36)48(44-31-19-38(46)20-32-44)40-23-11-34(12-24-40)8-6-4-2;1-3-5-7-25-9-17-29(18-10-25)33-31-21-13-27(14-22-31)28-15-23-32(24-16-28)34-30-19-11-26(12-20-30)8-6-4-2;7-5-1-2-6(8)4-3-5/h9-32H,3-8H2,1-2H3;9-24,33-34H,3-8H2,1-2H3;1-4H. The lowest BCUT2D eigenvalue weighted by atomic mass is 10.0. The van der Waals surface area contributed by atoms with E-state index in [1.165, 1.54) is 95.9 Å². The van der Waals surface area contributed by atoms with Crippen molar-refractivity contribution < 1.29 is 0 Å². The summed E-state index contributed by atoms with van der Waals surface area (Å²) in [7, 11) is 0. The molecule has 0 aromatic heterocycles. The first-order valence-corrected chi connectivity index (χ1v) is 35.0. The molecule has 0 aliphatic heterocycles. The maximum atomic E-state index is 3.61. The van der Waals surface area contributed by atoms with E-state index in [4.69, 9.17) is 0 Å². The highest BCUT2D eigenvalue weighted by Crippen LogP contribution is 2.39. The third kappa shape index (κ3) is 20.3. The van der Waals surface area contributed by atoms with Gasteiger partial charge in [0, 0.05) is 74.8 Å². The van der Waals surface area contributed by atoms with E-state index < -0.39 is 0 Å². The van der Waals surface area contributed by atoms with Crippen LogP contribution in [0.5, 0.6) is 0 Å². The van der Waals surface area contributed by atoms with Crippen molar-refractivity contribution >= 4 is 121 Å².